The molecule has 0 radical (unpaired) electrons. The number of anilines is 1. The van der Waals surface area contributed by atoms with Gasteiger partial charge in [0.1, 0.15) is 5.82 Å². The smallest absolute Gasteiger partial charge is 0.221 e. The maximum absolute atomic E-state index is 13.7. The number of nitrogens with one attached hydrogen (secondary N) is 1. The van der Waals surface area contributed by atoms with Crippen molar-refractivity contribution in [2.45, 2.75) is 58.3 Å². The van der Waals surface area contributed by atoms with Crippen LogP contribution in [0.1, 0.15) is 58.7 Å². The molecule has 1 saturated carbocycles. The third-order valence-corrected chi connectivity index (χ3v) is 6.21. The standard InChI is InChI=1S/C24H30ClFN4O/c1-5-8-18(26)10-7-9-17(6-2)24(13-14-24)23-29-28-22(30(23)4)20-12-11-19(15-21(20)25)27-16(3)31/h7,9-12,15,17H,5-6,8,13-14H2,1-4H3,(H,27,31)/b9-7?,18-10+. The van der Waals surface area contributed by atoms with Crippen molar-refractivity contribution in [3.8, 4) is 11.4 Å². The number of amides is 1. The lowest BCUT2D eigenvalue weighted by atomic mass is 9.85. The molecule has 1 aromatic heterocycles. The summed E-state index contributed by atoms with van der Waals surface area (Å²) in [6.45, 7) is 5.57. The molecule has 1 amide bonds. The van der Waals surface area contributed by atoms with Crippen molar-refractivity contribution in [3.63, 3.8) is 0 Å². The van der Waals surface area contributed by atoms with E-state index in [0.717, 1.165) is 37.1 Å². The third-order valence-electron chi connectivity index (χ3n) is 5.90. The largest absolute Gasteiger partial charge is 0.326 e. The molecule has 1 fully saturated rings. The minimum Gasteiger partial charge on any atom is -0.326 e. The molecule has 0 saturated heterocycles. The van der Waals surface area contributed by atoms with E-state index in [-0.39, 0.29) is 23.1 Å². The van der Waals surface area contributed by atoms with Crippen molar-refractivity contribution in [1.82, 2.24) is 14.8 Å². The van der Waals surface area contributed by atoms with E-state index in [4.69, 9.17) is 11.6 Å². The first-order valence-electron chi connectivity index (χ1n) is 10.8. The summed E-state index contributed by atoms with van der Waals surface area (Å²) in [5.41, 5.74) is 1.32. The first-order valence-corrected chi connectivity index (χ1v) is 11.2. The highest BCUT2D eigenvalue weighted by atomic mass is 35.5. The highest BCUT2D eigenvalue weighted by molar-refractivity contribution is 6.33. The Labute approximate surface area is 188 Å². The monoisotopic (exact) mass is 444 g/mol. The summed E-state index contributed by atoms with van der Waals surface area (Å²) >= 11 is 6.49. The van der Waals surface area contributed by atoms with Crippen LogP contribution < -0.4 is 5.32 Å². The summed E-state index contributed by atoms with van der Waals surface area (Å²) in [4.78, 5) is 11.3. The number of allylic oxidation sites excluding steroid dienone is 4. The van der Waals surface area contributed by atoms with Crippen molar-refractivity contribution < 1.29 is 9.18 Å². The molecule has 1 aliphatic rings. The van der Waals surface area contributed by atoms with Gasteiger partial charge >= 0.3 is 0 Å². The van der Waals surface area contributed by atoms with Gasteiger partial charge in [-0.1, -0.05) is 37.6 Å². The maximum atomic E-state index is 13.7. The predicted octanol–water partition coefficient (Wildman–Crippen LogP) is 6.36. The van der Waals surface area contributed by atoms with Crippen LogP contribution in [0.2, 0.25) is 5.02 Å². The van der Waals surface area contributed by atoms with E-state index < -0.39 is 0 Å². The molecule has 1 N–H and O–H groups in total. The van der Waals surface area contributed by atoms with Gasteiger partial charge in [-0.3, -0.25) is 4.79 Å². The summed E-state index contributed by atoms with van der Waals surface area (Å²) in [6.07, 6.45) is 9.78. The van der Waals surface area contributed by atoms with Crippen LogP contribution >= 0.6 is 11.6 Å². The lowest BCUT2D eigenvalue weighted by Crippen LogP contribution is -2.22. The van der Waals surface area contributed by atoms with Crippen LogP contribution in [0.15, 0.2) is 42.3 Å². The van der Waals surface area contributed by atoms with Gasteiger partial charge in [0.2, 0.25) is 5.91 Å². The summed E-state index contributed by atoms with van der Waals surface area (Å²) in [6, 6.07) is 5.37. The van der Waals surface area contributed by atoms with Gasteiger partial charge in [0.05, 0.1) is 10.8 Å². The first kappa shape index (κ1) is 23.2. The highest BCUT2D eigenvalue weighted by Crippen LogP contribution is 2.55. The lowest BCUT2D eigenvalue weighted by molar-refractivity contribution is -0.114. The second-order valence-corrected chi connectivity index (χ2v) is 8.61. The van der Waals surface area contributed by atoms with E-state index in [1.54, 1.807) is 18.2 Å². The van der Waals surface area contributed by atoms with E-state index in [1.165, 1.54) is 6.92 Å². The Morgan fingerprint density at radius 1 is 1.35 bits per heavy atom. The van der Waals surface area contributed by atoms with Crippen LogP contribution in [0.25, 0.3) is 11.4 Å². The number of hydrogen-bond acceptors (Lipinski definition) is 3. The van der Waals surface area contributed by atoms with Crippen molar-refractivity contribution in [2.75, 3.05) is 5.32 Å². The quantitative estimate of drug-likeness (QED) is 0.457. The zero-order valence-corrected chi connectivity index (χ0v) is 19.3. The van der Waals surface area contributed by atoms with Crippen LogP contribution in [0.5, 0.6) is 0 Å². The zero-order valence-electron chi connectivity index (χ0n) is 18.6. The molecular formula is C24H30ClFN4O. The summed E-state index contributed by atoms with van der Waals surface area (Å²) in [5, 5.41) is 12.2. The van der Waals surface area contributed by atoms with Gasteiger partial charge in [0, 0.05) is 30.6 Å². The Morgan fingerprint density at radius 2 is 2.10 bits per heavy atom. The number of carbonyl (C=O) groups is 1. The van der Waals surface area contributed by atoms with E-state index in [9.17, 15) is 9.18 Å². The molecule has 1 heterocycles. The molecule has 1 aliphatic carbocycles. The van der Waals surface area contributed by atoms with Gasteiger partial charge in [-0.2, -0.15) is 0 Å². The Hall–Kier alpha value is -2.47. The van der Waals surface area contributed by atoms with E-state index in [2.05, 4.69) is 28.5 Å². The minimum atomic E-state index is -0.150. The van der Waals surface area contributed by atoms with Crippen LogP contribution in [-0.2, 0) is 17.3 Å². The molecule has 1 atom stereocenters. The SMILES string of the molecule is CCC/C(F)=C\C=CC(CC)C1(c2nnc(-c3ccc(NC(C)=O)cc3Cl)n2C)CC1. The molecule has 1 aromatic carbocycles. The minimum absolute atomic E-state index is 0.0804. The highest BCUT2D eigenvalue weighted by Gasteiger charge is 2.52. The molecule has 2 aromatic rings. The fourth-order valence-electron chi connectivity index (χ4n) is 4.20. The van der Waals surface area contributed by atoms with Crippen molar-refractivity contribution in [2.24, 2.45) is 13.0 Å². The summed E-state index contributed by atoms with van der Waals surface area (Å²) in [5.74, 6) is 1.64. The second kappa shape index (κ2) is 9.77. The molecule has 31 heavy (non-hydrogen) atoms. The molecule has 0 aliphatic heterocycles. The maximum Gasteiger partial charge on any atom is 0.221 e. The molecular weight excluding hydrogens is 415 g/mol. The van der Waals surface area contributed by atoms with Crippen molar-refractivity contribution in [3.05, 3.63) is 53.1 Å². The van der Waals surface area contributed by atoms with Crippen LogP contribution in [0.4, 0.5) is 10.1 Å². The van der Waals surface area contributed by atoms with Gasteiger partial charge in [-0.05, 0) is 62.3 Å². The van der Waals surface area contributed by atoms with Crippen molar-refractivity contribution in [1.29, 1.82) is 0 Å². The average Bonchev–Trinajstić information content (AvgIpc) is 3.41. The number of hydrogen-bond donors (Lipinski definition) is 1. The number of benzene rings is 1. The first-order chi connectivity index (χ1) is 14.8. The van der Waals surface area contributed by atoms with Gasteiger partial charge in [-0.15, -0.1) is 10.2 Å². The van der Waals surface area contributed by atoms with Crippen LogP contribution in [-0.4, -0.2) is 20.7 Å². The van der Waals surface area contributed by atoms with Gasteiger partial charge in [0.15, 0.2) is 5.82 Å². The molecule has 166 valence electrons. The third kappa shape index (κ3) is 5.06. The fourth-order valence-corrected chi connectivity index (χ4v) is 4.46. The van der Waals surface area contributed by atoms with Crippen LogP contribution in [0, 0.1) is 5.92 Å². The topological polar surface area (TPSA) is 59.8 Å². The van der Waals surface area contributed by atoms with E-state index in [0.29, 0.717) is 23.0 Å². The Morgan fingerprint density at radius 3 is 2.68 bits per heavy atom. The predicted molar refractivity (Wildman–Crippen MR) is 124 cm³/mol. The number of nitrogens with zero attached hydrogens (tertiary/aromatic N) is 3. The Kier molecular flexibility index (Phi) is 7.31. The second-order valence-electron chi connectivity index (χ2n) is 8.20. The van der Waals surface area contributed by atoms with Crippen LogP contribution in [0.3, 0.4) is 0 Å². The summed E-state index contributed by atoms with van der Waals surface area (Å²) in [7, 11) is 1.96. The number of aromatic nitrogens is 3. The van der Waals surface area contributed by atoms with E-state index >= 15 is 0 Å². The zero-order chi connectivity index (χ0) is 22.6. The number of halogens is 2. The van der Waals surface area contributed by atoms with Crippen molar-refractivity contribution >= 4 is 23.2 Å². The Balaban J connectivity index is 1.87. The van der Waals surface area contributed by atoms with Gasteiger partial charge in [-0.25, -0.2) is 4.39 Å². The lowest BCUT2D eigenvalue weighted by Gasteiger charge is -2.22. The molecule has 3 rings (SSSR count). The number of carbonyl (C=O) groups excluding carboxylic acids is 1. The fraction of sp³-hybridized carbons (Fsp3) is 0.458. The van der Waals surface area contributed by atoms with Gasteiger partial charge in [0.25, 0.3) is 0 Å². The summed E-state index contributed by atoms with van der Waals surface area (Å²) < 4.78 is 15.7. The molecule has 0 spiro atoms. The molecule has 5 nitrogen and oxygen atoms in total. The molecule has 0 bridgehead atoms. The van der Waals surface area contributed by atoms with E-state index in [1.807, 2.05) is 30.7 Å². The molecule has 7 heteroatoms. The van der Waals surface area contributed by atoms with Gasteiger partial charge < -0.3 is 9.88 Å². The number of rotatable bonds is 9. The molecule has 1 unspecified atom stereocenters. The average molecular weight is 445 g/mol. The normalized spacial score (nSPS) is 16.5. The Bertz CT molecular complexity index is 1010.